The Bertz CT molecular complexity index is 788. The fraction of sp³-hybridized carbons (Fsp3) is 0.312. The molecule has 1 saturated heterocycles. The molecule has 23 heavy (non-hydrogen) atoms. The minimum absolute atomic E-state index is 0.178. The van der Waals surface area contributed by atoms with E-state index < -0.39 is 10.0 Å². The lowest BCUT2D eigenvalue weighted by Gasteiger charge is -2.12. The highest BCUT2D eigenvalue weighted by atomic mass is 32.2. The molecule has 2 heterocycles. The summed E-state index contributed by atoms with van der Waals surface area (Å²) in [6.45, 7) is 3.88. The number of hydrogen-bond acceptors (Lipinski definition) is 5. The zero-order valence-corrected chi connectivity index (χ0v) is 13.7. The lowest BCUT2D eigenvalue weighted by Crippen LogP contribution is -2.18. The van der Waals surface area contributed by atoms with Crippen molar-refractivity contribution in [1.29, 1.82) is 0 Å². The van der Waals surface area contributed by atoms with E-state index in [4.69, 9.17) is 4.42 Å². The van der Waals surface area contributed by atoms with E-state index in [1.807, 2.05) is 13.0 Å². The highest BCUT2D eigenvalue weighted by Crippen LogP contribution is 2.22. The van der Waals surface area contributed by atoms with E-state index in [9.17, 15) is 8.42 Å². The van der Waals surface area contributed by atoms with Crippen molar-refractivity contribution in [2.24, 2.45) is 5.10 Å². The first kappa shape index (κ1) is 15.6. The molecule has 0 spiro atoms. The summed E-state index contributed by atoms with van der Waals surface area (Å²) in [5.74, 6) is 1.31. The van der Waals surface area contributed by atoms with Crippen LogP contribution >= 0.6 is 0 Å². The van der Waals surface area contributed by atoms with Gasteiger partial charge in [0.05, 0.1) is 11.1 Å². The third-order valence-electron chi connectivity index (χ3n) is 3.73. The van der Waals surface area contributed by atoms with Crippen LogP contribution in [0.5, 0.6) is 0 Å². The van der Waals surface area contributed by atoms with Crippen LogP contribution in [0, 0.1) is 6.92 Å². The fourth-order valence-corrected chi connectivity index (χ4v) is 3.24. The maximum absolute atomic E-state index is 12.1. The van der Waals surface area contributed by atoms with Gasteiger partial charge in [-0.2, -0.15) is 18.4 Å². The molecule has 0 radical (unpaired) electrons. The Kier molecular flexibility index (Phi) is 4.38. The molecular formula is C16H19N3O3S. The first-order valence-electron chi connectivity index (χ1n) is 7.51. The lowest BCUT2D eigenvalue weighted by molar-refractivity contribution is 0.550. The number of aryl methyl sites for hydroxylation is 1. The van der Waals surface area contributed by atoms with Gasteiger partial charge in [-0.3, -0.25) is 0 Å². The SMILES string of the molecule is Cc1ccc(S(=O)(=O)N/N=C\c2ccc(N3CCCC3)o2)cc1. The van der Waals surface area contributed by atoms with Crippen molar-refractivity contribution >= 4 is 22.1 Å². The molecule has 122 valence electrons. The Balaban J connectivity index is 1.65. The summed E-state index contributed by atoms with van der Waals surface area (Å²) >= 11 is 0. The molecule has 7 heteroatoms. The van der Waals surface area contributed by atoms with Crippen LogP contribution in [-0.4, -0.2) is 27.7 Å². The molecule has 1 aromatic heterocycles. The Hall–Kier alpha value is -2.28. The first-order chi connectivity index (χ1) is 11.0. The molecule has 1 aromatic carbocycles. The maximum Gasteiger partial charge on any atom is 0.276 e. The summed E-state index contributed by atoms with van der Waals surface area (Å²) in [6.07, 6.45) is 3.70. The van der Waals surface area contributed by atoms with E-state index in [-0.39, 0.29) is 4.90 Å². The summed E-state index contributed by atoms with van der Waals surface area (Å²) in [7, 11) is -3.66. The second kappa shape index (κ2) is 6.45. The largest absolute Gasteiger partial charge is 0.440 e. The Morgan fingerprint density at radius 1 is 1.13 bits per heavy atom. The minimum Gasteiger partial charge on any atom is -0.440 e. The number of nitrogens with one attached hydrogen (secondary N) is 1. The van der Waals surface area contributed by atoms with Crippen molar-refractivity contribution in [3.63, 3.8) is 0 Å². The van der Waals surface area contributed by atoms with Gasteiger partial charge in [-0.15, -0.1) is 0 Å². The molecule has 1 fully saturated rings. The van der Waals surface area contributed by atoms with Crippen LogP contribution in [0.3, 0.4) is 0 Å². The molecule has 1 aliphatic rings. The Morgan fingerprint density at radius 2 is 1.83 bits per heavy atom. The van der Waals surface area contributed by atoms with Crippen LogP contribution in [-0.2, 0) is 10.0 Å². The topological polar surface area (TPSA) is 74.9 Å². The van der Waals surface area contributed by atoms with Crippen LogP contribution < -0.4 is 9.73 Å². The van der Waals surface area contributed by atoms with E-state index in [0.29, 0.717) is 5.76 Å². The summed E-state index contributed by atoms with van der Waals surface area (Å²) in [5.41, 5.74) is 0.998. The number of furan rings is 1. The number of nitrogens with zero attached hydrogens (tertiary/aromatic N) is 2. The van der Waals surface area contributed by atoms with Gasteiger partial charge in [0.2, 0.25) is 0 Å². The lowest BCUT2D eigenvalue weighted by atomic mass is 10.2. The second-order valence-electron chi connectivity index (χ2n) is 5.54. The molecule has 2 aromatic rings. The number of hydrogen-bond donors (Lipinski definition) is 1. The highest BCUT2D eigenvalue weighted by Gasteiger charge is 2.15. The monoisotopic (exact) mass is 333 g/mol. The van der Waals surface area contributed by atoms with E-state index in [2.05, 4.69) is 14.8 Å². The number of sulfonamides is 1. The van der Waals surface area contributed by atoms with E-state index in [0.717, 1.165) is 24.5 Å². The normalized spacial score (nSPS) is 15.4. The first-order valence-corrected chi connectivity index (χ1v) is 8.99. The van der Waals surface area contributed by atoms with Gasteiger partial charge in [0.15, 0.2) is 5.88 Å². The molecule has 1 N–H and O–H groups in total. The highest BCUT2D eigenvalue weighted by molar-refractivity contribution is 7.89. The molecule has 0 unspecified atom stereocenters. The molecule has 0 atom stereocenters. The molecule has 6 nitrogen and oxygen atoms in total. The van der Waals surface area contributed by atoms with Gasteiger partial charge in [-0.25, -0.2) is 0 Å². The maximum atomic E-state index is 12.1. The van der Waals surface area contributed by atoms with E-state index in [1.165, 1.54) is 19.1 Å². The Morgan fingerprint density at radius 3 is 2.52 bits per heavy atom. The van der Waals surface area contributed by atoms with Crippen LogP contribution in [0.15, 0.2) is 50.8 Å². The predicted molar refractivity (Wildman–Crippen MR) is 89.2 cm³/mol. The van der Waals surface area contributed by atoms with Gasteiger partial charge in [-0.1, -0.05) is 17.7 Å². The van der Waals surface area contributed by atoms with E-state index in [1.54, 1.807) is 30.3 Å². The van der Waals surface area contributed by atoms with Gasteiger partial charge < -0.3 is 9.32 Å². The molecular weight excluding hydrogens is 314 g/mol. The number of benzene rings is 1. The number of anilines is 1. The molecule has 0 amide bonds. The predicted octanol–water partition coefficient (Wildman–Crippen LogP) is 2.50. The molecule has 0 bridgehead atoms. The van der Waals surface area contributed by atoms with Gasteiger partial charge in [0.1, 0.15) is 5.76 Å². The summed E-state index contributed by atoms with van der Waals surface area (Å²) < 4.78 is 29.8. The second-order valence-corrected chi connectivity index (χ2v) is 7.20. The molecule has 1 aliphatic heterocycles. The van der Waals surface area contributed by atoms with Gasteiger partial charge in [0, 0.05) is 19.2 Å². The fourth-order valence-electron chi connectivity index (χ4n) is 2.45. The summed E-state index contributed by atoms with van der Waals surface area (Å²) in [6, 6.07) is 10.2. The summed E-state index contributed by atoms with van der Waals surface area (Å²) in [5, 5.41) is 3.78. The third kappa shape index (κ3) is 3.73. The Labute approximate surface area is 135 Å². The zero-order chi connectivity index (χ0) is 16.3. The van der Waals surface area contributed by atoms with E-state index >= 15 is 0 Å². The third-order valence-corrected chi connectivity index (χ3v) is 4.96. The van der Waals surface area contributed by atoms with Crippen molar-refractivity contribution in [3.05, 3.63) is 47.7 Å². The van der Waals surface area contributed by atoms with Crippen LogP contribution in [0.25, 0.3) is 0 Å². The minimum atomic E-state index is -3.66. The molecule has 0 aliphatic carbocycles. The van der Waals surface area contributed by atoms with Crippen molar-refractivity contribution in [2.75, 3.05) is 18.0 Å². The summed E-state index contributed by atoms with van der Waals surface area (Å²) in [4.78, 5) is 4.53. The average molecular weight is 333 g/mol. The quantitative estimate of drug-likeness (QED) is 0.674. The van der Waals surface area contributed by atoms with Crippen molar-refractivity contribution in [1.82, 2.24) is 4.83 Å². The average Bonchev–Trinajstić information content (AvgIpc) is 3.18. The molecule has 0 saturated carbocycles. The number of hydrazone groups is 1. The standard InChI is InChI=1S/C16H19N3O3S/c1-13-4-7-15(8-5-13)23(20,21)18-17-12-14-6-9-16(22-14)19-10-2-3-11-19/h4-9,12,18H,2-3,10-11H2,1H3/b17-12-. The number of rotatable bonds is 5. The van der Waals surface area contributed by atoms with Crippen LogP contribution in [0.1, 0.15) is 24.2 Å². The van der Waals surface area contributed by atoms with Gasteiger partial charge in [-0.05, 0) is 38.0 Å². The van der Waals surface area contributed by atoms with Crippen LogP contribution in [0.4, 0.5) is 5.88 Å². The van der Waals surface area contributed by atoms with Gasteiger partial charge in [0.25, 0.3) is 10.0 Å². The van der Waals surface area contributed by atoms with Crippen molar-refractivity contribution < 1.29 is 12.8 Å². The van der Waals surface area contributed by atoms with Gasteiger partial charge >= 0.3 is 0 Å². The van der Waals surface area contributed by atoms with Crippen LogP contribution in [0.2, 0.25) is 0 Å². The van der Waals surface area contributed by atoms with Crippen molar-refractivity contribution in [3.8, 4) is 0 Å². The zero-order valence-electron chi connectivity index (χ0n) is 12.9. The smallest absolute Gasteiger partial charge is 0.276 e. The van der Waals surface area contributed by atoms with Crippen molar-refractivity contribution in [2.45, 2.75) is 24.7 Å². The molecule has 3 rings (SSSR count).